The Kier molecular flexibility index (Phi) is 3.83. The van der Waals surface area contributed by atoms with E-state index < -0.39 is 6.10 Å². The van der Waals surface area contributed by atoms with Crippen LogP contribution in [-0.4, -0.2) is 16.4 Å². The molecular weight excluding hydrogens is 286 g/mol. The van der Waals surface area contributed by atoms with E-state index in [2.05, 4.69) is 18.8 Å². The maximum Gasteiger partial charge on any atom is 0.153 e. The number of nitrogens with zero attached hydrogens (tertiary/aromatic N) is 1. The summed E-state index contributed by atoms with van der Waals surface area (Å²) in [6.07, 6.45) is 6.30. The lowest BCUT2D eigenvalue weighted by Gasteiger charge is -2.36. The zero-order chi connectivity index (χ0) is 15.2. The largest absolute Gasteiger partial charge is 0.388 e. The summed E-state index contributed by atoms with van der Waals surface area (Å²) in [7, 11) is 0. The number of carbonyl (C=O) groups excluding carboxylic acids is 1. The zero-order valence-corrected chi connectivity index (χ0v) is 13.4. The minimum absolute atomic E-state index is 0.0123. The number of pyridine rings is 1. The number of halogens is 1. The molecule has 2 aliphatic carbocycles. The van der Waals surface area contributed by atoms with Gasteiger partial charge in [-0.3, -0.25) is 4.79 Å². The first kappa shape index (κ1) is 15.0. The number of carbonyl (C=O) groups is 1. The van der Waals surface area contributed by atoms with Gasteiger partial charge in [-0.05, 0) is 42.6 Å². The van der Waals surface area contributed by atoms with E-state index in [-0.39, 0.29) is 5.41 Å². The molecule has 0 amide bonds. The van der Waals surface area contributed by atoms with Crippen LogP contribution in [0.4, 0.5) is 0 Å². The van der Waals surface area contributed by atoms with Gasteiger partial charge in [-0.1, -0.05) is 38.3 Å². The number of rotatable bonds is 2. The minimum atomic E-state index is -0.539. The molecule has 1 saturated carbocycles. The molecule has 0 bridgehead atoms. The summed E-state index contributed by atoms with van der Waals surface area (Å²) in [6.45, 7) is 4.27. The van der Waals surface area contributed by atoms with Crippen molar-refractivity contribution in [2.45, 2.75) is 64.4 Å². The fourth-order valence-corrected chi connectivity index (χ4v) is 4.32. The van der Waals surface area contributed by atoms with Gasteiger partial charge in [0.05, 0.1) is 11.7 Å². The smallest absolute Gasteiger partial charge is 0.153 e. The zero-order valence-electron chi connectivity index (χ0n) is 12.7. The molecular formula is C17H22ClNO2. The quantitative estimate of drug-likeness (QED) is 0.657. The summed E-state index contributed by atoms with van der Waals surface area (Å²) in [6, 6.07) is 0. The van der Waals surface area contributed by atoms with Crippen molar-refractivity contribution in [2.75, 3.05) is 0 Å². The minimum Gasteiger partial charge on any atom is -0.388 e. The Morgan fingerprint density at radius 2 is 1.95 bits per heavy atom. The SMILES string of the molecule is CC1(C)Cc2nc(Cl)c(C=O)c(C3CCCC3)c2C(O)C1. The first-order chi connectivity index (χ1) is 9.93. The number of hydrogen-bond donors (Lipinski definition) is 1. The molecule has 0 aliphatic heterocycles. The monoisotopic (exact) mass is 307 g/mol. The van der Waals surface area contributed by atoms with Crippen molar-refractivity contribution in [1.82, 2.24) is 4.98 Å². The van der Waals surface area contributed by atoms with Crippen molar-refractivity contribution >= 4 is 17.9 Å². The van der Waals surface area contributed by atoms with Gasteiger partial charge in [0.1, 0.15) is 5.15 Å². The van der Waals surface area contributed by atoms with Gasteiger partial charge >= 0.3 is 0 Å². The molecule has 0 radical (unpaired) electrons. The van der Waals surface area contributed by atoms with E-state index in [1.807, 2.05) is 0 Å². The van der Waals surface area contributed by atoms with Gasteiger partial charge in [0, 0.05) is 11.3 Å². The second-order valence-corrected chi connectivity index (χ2v) is 7.61. The summed E-state index contributed by atoms with van der Waals surface area (Å²) in [5, 5.41) is 11.0. The van der Waals surface area contributed by atoms with Gasteiger partial charge in [-0.25, -0.2) is 4.98 Å². The van der Waals surface area contributed by atoms with Crippen LogP contribution in [0.15, 0.2) is 0 Å². The second kappa shape index (κ2) is 5.36. The van der Waals surface area contributed by atoms with E-state index in [0.717, 1.165) is 42.4 Å². The fraction of sp³-hybridized carbons (Fsp3) is 0.647. The molecule has 21 heavy (non-hydrogen) atoms. The van der Waals surface area contributed by atoms with Crippen LogP contribution in [0.5, 0.6) is 0 Å². The van der Waals surface area contributed by atoms with E-state index in [4.69, 9.17) is 11.6 Å². The van der Waals surface area contributed by atoms with Gasteiger partial charge < -0.3 is 5.11 Å². The third kappa shape index (κ3) is 2.62. The van der Waals surface area contributed by atoms with E-state index in [1.165, 1.54) is 12.8 Å². The Bertz CT molecular complexity index is 577. The van der Waals surface area contributed by atoms with Crippen LogP contribution in [0, 0.1) is 5.41 Å². The highest BCUT2D eigenvalue weighted by Gasteiger charge is 2.37. The summed E-state index contributed by atoms with van der Waals surface area (Å²) in [5.41, 5.74) is 3.28. The third-order valence-corrected chi connectivity index (χ3v) is 5.24. The van der Waals surface area contributed by atoms with Gasteiger partial charge in [0.2, 0.25) is 0 Å². The molecule has 1 atom stereocenters. The molecule has 1 heterocycles. The van der Waals surface area contributed by atoms with Crippen LogP contribution in [0.2, 0.25) is 5.15 Å². The van der Waals surface area contributed by atoms with Gasteiger partial charge in [-0.15, -0.1) is 0 Å². The van der Waals surface area contributed by atoms with Gasteiger partial charge in [0.15, 0.2) is 6.29 Å². The van der Waals surface area contributed by atoms with E-state index >= 15 is 0 Å². The lowest BCUT2D eigenvalue weighted by atomic mass is 9.72. The van der Waals surface area contributed by atoms with Crippen molar-refractivity contribution in [2.24, 2.45) is 5.41 Å². The lowest BCUT2D eigenvalue weighted by molar-refractivity contribution is 0.0965. The first-order valence-corrected chi connectivity index (χ1v) is 8.16. The maximum absolute atomic E-state index is 11.5. The van der Waals surface area contributed by atoms with E-state index in [0.29, 0.717) is 23.1 Å². The molecule has 1 aromatic heterocycles. The van der Waals surface area contributed by atoms with Crippen LogP contribution >= 0.6 is 11.6 Å². The van der Waals surface area contributed by atoms with Crippen molar-refractivity contribution < 1.29 is 9.90 Å². The molecule has 0 spiro atoms. The molecule has 1 N–H and O–H groups in total. The molecule has 4 heteroatoms. The fourth-order valence-electron chi connectivity index (χ4n) is 4.07. The third-order valence-electron chi connectivity index (χ3n) is 4.95. The molecule has 0 saturated heterocycles. The predicted molar refractivity (Wildman–Crippen MR) is 82.9 cm³/mol. The highest BCUT2D eigenvalue weighted by Crippen LogP contribution is 2.47. The first-order valence-electron chi connectivity index (χ1n) is 7.78. The summed E-state index contributed by atoms with van der Waals surface area (Å²) in [4.78, 5) is 16.0. The molecule has 0 aromatic carbocycles. The Labute approximate surface area is 130 Å². The van der Waals surface area contributed by atoms with Gasteiger partial charge in [-0.2, -0.15) is 0 Å². The van der Waals surface area contributed by atoms with Crippen LogP contribution < -0.4 is 0 Å². The Morgan fingerprint density at radius 3 is 2.57 bits per heavy atom. The average Bonchev–Trinajstić information content (AvgIpc) is 2.88. The summed E-state index contributed by atoms with van der Waals surface area (Å²) in [5.74, 6) is 0.343. The Hall–Kier alpha value is -0.930. The summed E-state index contributed by atoms with van der Waals surface area (Å²) < 4.78 is 0. The van der Waals surface area contributed by atoms with Crippen LogP contribution in [-0.2, 0) is 6.42 Å². The number of hydrogen-bond acceptors (Lipinski definition) is 3. The molecule has 2 aliphatic rings. The Balaban J connectivity index is 2.21. The molecule has 1 fully saturated rings. The number of fused-ring (bicyclic) bond motifs is 1. The number of aldehydes is 1. The van der Waals surface area contributed by atoms with Crippen LogP contribution in [0.3, 0.4) is 0 Å². The van der Waals surface area contributed by atoms with Gasteiger partial charge in [0.25, 0.3) is 0 Å². The average molecular weight is 308 g/mol. The molecule has 1 unspecified atom stereocenters. The Morgan fingerprint density at radius 1 is 1.29 bits per heavy atom. The molecule has 1 aromatic rings. The molecule has 3 nitrogen and oxygen atoms in total. The second-order valence-electron chi connectivity index (χ2n) is 7.25. The van der Waals surface area contributed by atoms with E-state index in [1.54, 1.807) is 0 Å². The van der Waals surface area contributed by atoms with E-state index in [9.17, 15) is 9.90 Å². The molecule has 114 valence electrons. The van der Waals surface area contributed by atoms with Crippen LogP contribution in [0.25, 0.3) is 0 Å². The maximum atomic E-state index is 11.5. The lowest BCUT2D eigenvalue weighted by Crippen LogP contribution is -2.29. The van der Waals surface area contributed by atoms with Crippen molar-refractivity contribution in [3.8, 4) is 0 Å². The molecule has 3 rings (SSSR count). The van der Waals surface area contributed by atoms with Crippen molar-refractivity contribution in [3.63, 3.8) is 0 Å². The standard InChI is InChI=1S/C17H22ClNO2/c1-17(2)7-12-15(13(21)8-17)14(10-5-3-4-6-10)11(9-20)16(18)19-12/h9-10,13,21H,3-8H2,1-2H3. The summed E-state index contributed by atoms with van der Waals surface area (Å²) >= 11 is 6.26. The highest BCUT2D eigenvalue weighted by atomic mass is 35.5. The number of aromatic nitrogens is 1. The topological polar surface area (TPSA) is 50.2 Å². The normalized spacial score (nSPS) is 24.9. The predicted octanol–water partition coefficient (Wildman–Crippen LogP) is 4.21. The number of aliphatic hydroxyl groups is 1. The van der Waals surface area contributed by atoms with Crippen molar-refractivity contribution in [1.29, 1.82) is 0 Å². The van der Waals surface area contributed by atoms with Crippen LogP contribution in [0.1, 0.15) is 85.2 Å². The highest BCUT2D eigenvalue weighted by molar-refractivity contribution is 6.32. The number of aliphatic hydroxyl groups excluding tert-OH is 1. The van der Waals surface area contributed by atoms with Crippen molar-refractivity contribution in [3.05, 3.63) is 27.5 Å².